The van der Waals surface area contributed by atoms with Gasteiger partial charge in [0, 0.05) is 5.92 Å². The van der Waals surface area contributed by atoms with Gasteiger partial charge in [-0.2, -0.15) is 0 Å². The monoisotopic (exact) mass is 428 g/mol. The molecule has 0 radical (unpaired) electrons. The van der Waals surface area contributed by atoms with Crippen molar-refractivity contribution in [3.05, 3.63) is 34.9 Å². The number of benzene rings is 1. The number of rotatable bonds is 8. The quantitative estimate of drug-likeness (QED) is 0.286. The summed E-state index contributed by atoms with van der Waals surface area (Å²) in [5.41, 5.74) is 0.639. The zero-order valence-corrected chi connectivity index (χ0v) is 19.8. The second-order valence-corrected chi connectivity index (χ2v) is 10.1. The number of unbranched alkanes of at least 4 members (excludes halogenated alkanes) is 4. The maximum atomic E-state index is 14.2. The van der Waals surface area contributed by atoms with Crippen molar-refractivity contribution in [2.45, 2.75) is 110 Å². The van der Waals surface area contributed by atoms with E-state index in [1.807, 2.05) is 6.92 Å². The summed E-state index contributed by atoms with van der Waals surface area (Å²) in [4.78, 5) is 0. The maximum absolute atomic E-state index is 14.2. The molecule has 0 heterocycles. The van der Waals surface area contributed by atoms with Crippen LogP contribution in [0.15, 0.2) is 12.1 Å². The van der Waals surface area contributed by atoms with Crippen LogP contribution in [0.4, 0.5) is 8.78 Å². The lowest BCUT2D eigenvalue weighted by Gasteiger charge is -2.37. The van der Waals surface area contributed by atoms with Gasteiger partial charge in [-0.25, -0.2) is 8.78 Å². The van der Waals surface area contributed by atoms with E-state index in [4.69, 9.17) is 0 Å². The highest BCUT2D eigenvalue weighted by atomic mass is 19.2. The van der Waals surface area contributed by atoms with Gasteiger partial charge in [-0.3, -0.25) is 0 Å². The van der Waals surface area contributed by atoms with Crippen LogP contribution in [0.25, 0.3) is 0 Å². The molecular weight excluding hydrogens is 386 g/mol. The van der Waals surface area contributed by atoms with Gasteiger partial charge in [0.05, 0.1) is 5.56 Å². The Hall–Kier alpha value is -1.36. The van der Waals surface area contributed by atoms with E-state index in [9.17, 15) is 8.78 Å². The van der Waals surface area contributed by atoms with Crippen molar-refractivity contribution < 1.29 is 8.78 Å². The Labute approximate surface area is 189 Å². The molecule has 2 aliphatic carbocycles. The summed E-state index contributed by atoms with van der Waals surface area (Å²) in [6, 6.07) is 3.30. The Balaban J connectivity index is 1.39. The lowest BCUT2D eigenvalue weighted by atomic mass is 9.69. The van der Waals surface area contributed by atoms with E-state index in [0.29, 0.717) is 17.9 Å². The third-order valence-corrected chi connectivity index (χ3v) is 8.00. The molecule has 0 amide bonds. The number of hydrogen-bond acceptors (Lipinski definition) is 0. The second-order valence-electron chi connectivity index (χ2n) is 10.1. The minimum Gasteiger partial charge on any atom is -0.203 e. The Morgan fingerprint density at radius 1 is 0.774 bits per heavy atom. The van der Waals surface area contributed by atoms with Gasteiger partial charge < -0.3 is 0 Å². The predicted molar refractivity (Wildman–Crippen MR) is 127 cm³/mol. The summed E-state index contributed by atoms with van der Waals surface area (Å²) in [7, 11) is 0. The van der Waals surface area contributed by atoms with E-state index in [2.05, 4.69) is 18.8 Å². The topological polar surface area (TPSA) is 0 Å². The summed E-state index contributed by atoms with van der Waals surface area (Å²) in [5, 5.41) is 0. The molecule has 1 aromatic rings. The lowest BCUT2D eigenvalue weighted by molar-refractivity contribution is 0.153. The first-order chi connectivity index (χ1) is 15.1. The summed E-state index contributed by atoms with van der Waals surface area (Å²) in [5.74, 6) is 7.79. The largest absolute Gasteiger partial charge is 0.203 e. The molecule has 0 unspecified atom stereocenters. The van der Waals surface area contributed by atoms with Crippen LogP contribution in [0.3, 0.4) is 0 Å². The van der Waals surface area contributed by atoms with Crippen molar-refractivity contribution in [1.82, 2.24) is 0 Å². The van der Waals surface area contributed by atoms with Gasteiger partial charge in [0.1, 0.15) is 0 Å². The average Bonchev–Trinajstić information content (AvgIpc) is 2.81. The fourth-order valence-electron chi connectivity index (χ4n) is 5.86. The van der Waals surface area contributed by atoms with Crippen molar-refractivity contribution in [3.8, 4) is 11.8 Å². The molecule has 2 fully saturated rings. The molecule has 0 spiro atoms. The minimum absolute atomic E-state index is 0.213. The van der Waals surface area contributed by atoms with Crippen LogP contribution in [-0.4, -0.2) is 0 Å². The van der Waals surface area contributed by atoms with Crippen molar-refractivity contribution in [2.75, 3.05) is 0 Å². The third kappa shape index (κ3) is 7.06. The molecule has 1 aromatic carbocycles. The summed E-state index contributed by atoms with van der Waals surface area (Å²) in [6.07, 6.45) is 19.5. The van der Waals surface area contributed by atoms with Crippen LogP contribution in [-0.2, 0) is 6.42 Å². The molecule has 2 saturated carbocycles. The lowest BCUT2D eigenvalue weighted by Crippen LogP contribution is -2.25. The molecule has 0 nitrogen and oxygen atoms in total. The van der Waals surface area contributed by atoms with Crippen LogP contribution in [0.1, 0.15) is 115 Å². The van der Waals surface area contributed by atoms with E-state index >= 15 is 0 Å². The molecule has 2 aliphatic rings. The van der Waals surface area contributed by atoms with Crippen LogP contribution in [0.2, 0.25) is 0 Å². The molecule has 0 aromatic heterocycles. The molecule has 172 valence electrons. The summed E-state index contributed by atoms with van der Waals surface area (Å²) >= 11 is 0. The number of hydrogen-bond donors (Lipinski definition) is 0. The van der Waals surface area contributed by atoms with E-state index in [1.54, 1.807) is 12.1 Å². The molecule has 3 rings (SSSR count). The van der Waals surface area contributed by atoms with E-state index in [-0.39, 0.29) is 5.56 Å². The third-order valence-electron chi connectivity index (χ3n) is 8.00. The highest BCUT2D eigenvalue weighted by molar-refractivity contribution is 5.39. The molecule has 2 heteroatoms. The van der Waals surface area contributed by atoms with Crippen molar-refractivity contribution >= 4 is 0 Å². The maximum Gasteiger partial charge on any atom is 0.174 e. The van der Waals surface area contributed by atoms with E-state index in [0.717, 1.165) is 30.6 Å². The molecule has 31 heavy (non-hydrogen) atoms. The Bertz CT molecular complexity index is 725. The van der Waals surface area contributed by atoms with Crippen LogP contribution in [0.5, 0.6) is 0 Å². The highest BCUT2D eigenvalue weighted by Gasteiger charge is 2.30. The van der Waals surface area contributed by atoms with Gasteiger partial charge in [0.2, 0.25) is 0 Å². The molecule has 0 aliphatic heterocycles. The predicted octanol–water partition coefficient (Wildman–Crippen LogP) is 8.85. The SMILES string of the molecule is CCCCCCC[C@H]1CC[C@H](C2CCC(C#Cc3ccc(CC)c(F)c3F)CC2)CC1. The fourth-order valence-corrected chi connectivity index (χ4v) is 5.86. The summed E-state index contributed by atoms with van der Waals surface area (Å²) < 4.78 is 28.2. The zero-order chi connectivity index (χ0) is 22.1. The van der Waals surface area contributed by atoms with Crippen molar-refractivity contribution in [3.63, 3.8) is 0 Å². The Kier molecular flexibility index (Phi) is 9.89. The highest BCUT2D eigenvalue weighted by Crippen LogP contribution is 2.42. The van der Waals surface area contributed by atoms with Crippen LogP contribution < -0.4 is 0 Å². The first-order valence-corrected chi connectivity index (χ1v) is 13.1. The zero-order valence-electron chi connectivity index (χ0n) is 19.8. The van der Waals surface area contributed by atoms with Crippen LogP contribution in [0, 0.1) is 47.1 Å². The summed E-state index contributed by atoms with van der Waals surface area (Å²) in [6.45, 7) is 4.12. The minimum atomic E-state index is -0.775. The molecule has 0 atom stereocenters. The fraction of sp³-hybridized carbons (Fsp3) is 0.724. The molecule has 0 bridgehead atoms. The second kappa shape index (κ2) is 12.6. The van der Waals surface area contributed by atoms with Gasteiger partial charge in [0.25, 0.3) is 0 Å². The van der Waals surface area contributed by atoms with Gasteiger partial charge in [-0.1, -0.05) is 83.1 Å². The molecule has 0 saturated heterocycles. The van der Waals surface area contributed by atoms with Crippen molar-refractivity contribution in [2.24, 2.45) is 23.7 Å². The number of halogens is 2. The van der Waals surface area contributed by atoms with Gasteiger partial charge in [-0.05, 0) is 74.3 Å². The molecule has 0 N–H and O–H groups in total. The van der Waals surface area contributed by atoms with Gasteiger partial charge in [-0.15, -0.1) is 0 Å². The molecular formula is C29H42F2. The normalized spacial score (nSPS) is 26.3. The smallest absolute Gasteiger partial charge is 0.174 e. The van der Waals surface area contributed by atoms with Crippen molar-refractivity contribution in [1.29, 1.82) is 0 Å². The van der Waals surface area contributed by atoms with Gasteiger partial charge in [0.15, 0.2) is 11.6 Å². The number of aryl methyl sites for hydroxylation is 1. The Morgan fingerprint density at radius 2 is 1.42 bits per heavy atom. The first kappa shape index (κ1) is 24.3. The first-order valence-electron chi connectivity index (χ1n) is 13.1. The van der Waals surface area contributed by atoms with Crippen LogP contribution >= 0.6 is 0 Å². The van der Waals surface area contributed by atoms with E-state index in [1.165, 1.54) is 77.0 Å². The standard InChI is InChI=1S/C29H42F2/c1-3-5-6-7-8-9-22-10-15-25(16-11-22)26-17-12-23(13-18-26)14-19-27-21-20-24(4-2)28(30)29(27)31/h20-23,25-26H,3-13,15-18H2,1-2H3/t22-,23?,25-,26?. The van der Waals surface area contributed by atoms with E-state index < -0.39 is 11.6 Å². The van der Waals surface area contributed by atoms with Gasteiger partial charge >= 0.3 is 0 Å². The average molecular weight is 429 g/mol. The Morgan fingerprint density at radius 3 is 2.06 bits per heavy atom.